The summed E-state index contributed by atoms with van der Waals surface area (Å²) in [4.78, 5) is 0. The smallest absolute Gasteiger partial charge is 0.255 e. The summed E-state index contributed by atoms with van der Waals surface area (Å²) in [6.07, 6.45) is 2.93. The third-order valence-electron chi connectivity index (χ3n) is 3.22. The molecule has 0 bridgehead atoms. The van der Waals surface area contributed by atoms with Crippen LogP contribution in [0.4, 0.5) is 0 Å². The monoisotopic (exact) mass is 311 g/mol. The summed E-state index contributed by atoms with van der Waals surface area (Å²) in [5.41, 5.74) is 0. The Morgan fingerprint density at radius 3 is 2.50 bits per heavy atom. The minimum Gasteiger partial charge on any atom is -0.255 e. The van der Waals surface area contributed by atoms with Crippen LogP contribution in [0.1, 0.15) is 12.8 Å². The number of piperidine rings is 1. The predicted molar refractivity (Wildman–Crippen MR) is 70.4 cm³/mol. The molecule has 8 heteroatoms. The van der Waals surface area contributed by atoms with Crippen molar-refractivity contribution >= 4 is 33.2 Å². The van der Waals surface area contributed by atoms with Crippen LogP contribution in [0.25, 0.3) is 0 Å². The van der Waals surface area contributed by atoms with Gasteiger partial charge in [-0.15, -0.1) is 11.6 Å². The van der Waals surface area contributed by atoms with Gasteiger partial charge in [0, 0.05) is 26.0 Å². The predicted octanol–water partition coefficient (Wildman–Crippen LogP) is 1.71. The van der Waals surface area contributed by atoms with Crippen molar-refractivity contribution in [1.82, 2.24) is 14.1 Å². The van der Waals surface area contributed by atoms with Crippen LogP contribution < -0.4 is 0 Å². The summed E-state index contributed by atoms with van der Waals surface area (Å²) in [5.74, 6) is 0.987. The third kappa shape index (κ3) is 2.52. The van der Waals surface area contributed by atoms with E-state index >= 15 is 0 Å². The molecule has 1 aliphatic rings. The molecule has 0 amide bonds. The van der Waals surface area contributed by atoms with Gasteiger partial charge in [-0.1, -0.05) is 11.6 Å². The van der Waals surface area contributed by atoms with E-state index in [1.54, 1.807) is 7.05 Å². The Morgan fingerprint density at radius 1 is 1.44 bits per heavy atom. The van der Waals surface area contributed by atoms with Gasteiger partial charge in [0.1, 0.15) is 0 Å². The molecule has 0 saturated carbocycles. The SMILES string of the molecule is Cn1ncc(Cl)c1S(=O)(=O)N1CCC(CCl)CC1. The van der Waals surface area contributed by atoms with Crippen LogP contribution in [0.2, 0.25) is 5.02 Å². The van der Waals surface area contributed by atoms with E-state index in [0.29, 0.717) is 24.9 Å². The number of alkyl halides is 1. The summed E-state index contributed by atoms with van der Waals surface area (Å²) in [5, 5.41) is 4.09. The van der Waals surface area contributed by atoms with Gasteiger partial charge in [0.15, 0.2) is 5.03 Å². The molecule has 0 spiro atoms. The van der Waals surface area contributed by atoms with Crippen molar-refractivity contribution in [3.63, 3.8) is 0 Å². The Morgan fingerprint density at radius 2 is 2.06 bits per heavy atom. The van der Waals surface area contributed by atoms with Gasteiger partial charge in [0.2, 0.25) is 0 Å². The summed E-state index contributed by atoms with van der Waals surface area (Å²) in [6, 6.07) is 0. The highest BCUT2D eigenvalue weighted by Gasteiger charge is 2.32. The maximum atomic E-state index is 12.4. The molecule has 0 aliphatic carbocycles. The average Bonchev–Trinajstić information content (AvgIpc) is 2.69. The highest BCUT2D eigenvalue weighted by atomic mass is 35.5. The Balaban J connectivity index is 2.23. The second-order valence-corrected chi connectivity index (χ2v) is 6.99. The fourth-order valence-electron chi connectivity index (χ4n) is 2.12. The van der Waals surface area contributed by atoms with E-state index in [1.165, 1.54) is 15.2 Å². The molecule has 1 fully saturated rings. The number of aryl methyl sites for hydroxylation is 1. The lowest BCUT2D eigenvalue weighted by Gasteiger charge is -2.30. The fraction of sp³-hybridized carbons (Fsp3) is 0.700. The molecule has 2 rings (SSSR count). The molecule has 1 saturated heterocycles. The van der Waals surface area contributed by atoms with Crippen LogP contribution in [0, 0.1) is 5.92 Å². The second kappa shape index (κ2) is 5.36. The summed E-state index contributed by atoms with van der Waals surface area (Å²) in [6.45, 7) is 0.975. The first-order valence-corrected chi connectivity index (χ1v) is 8.05. The van der Waals surface area contributed by atoms with Crippen LogP contribution in [-0.2, 0) is 17.1 Å². The lowest BCUT2D eigenvalue weighted by atomic mass is 10.0. The van der Waals surface area contributed by atoms with Crippen molar-refractivity contribution in [1.29, 1.82) is 0 Å². The Kier molecular flexibility index (Phi) is 4.21. The summed E-state index contributed by atoms with van der Waals surface area (Å²) < 4.78 is 27.6. The summed E-state index contributed by atoms with van der Waals surface area (Å²) in [7, 11) is -1.98. The van der Waals surface area contributed by atoms with Gasteiger partial charge in [-0.05, 0) is 18.8 Å². The van der Waals surface area contributed by atoms with Crippen LogP contribution in [0.15, 0.2) is 11.2 Å². The lowest BCUT2D eigenvalue weighted by molar-refractivity contribution is 0.288. The number of nitrogens with zero attached hydrogens (tertiary/aromatic N) is 3. The average molecular weight is 312 g/mol. The van der Waals surface area contributed by atoms with Crippen molar-refractivity contribution in [3.05, 3.63) is 11.2 Å². The Hall–Kier alpha value is -0.300. The highest BCUT2D eigenvalue weighted by molar-refractivity contribution is 7.89. The summed E-state index contributed by atoms with van der Waals surface area (Å²) >= 11 is 11.7. The molecule has 0 N–H and O–H groups in total. The molecule has 2 heterocycles. The minimum absolute atomic E-state index is 0.0634. The maximum absolute atomic E-state index is 12.4. The maximum Gasteiger partial charge on any atom is 0.261 e. The van der Waals surface area contributed by atoms with Gasteiger partial charge in [-0.3, -0.25) is 4.68 Å². The van der Waals surface area contributed by atoms with Crippen molar-refractivity contribution < 1.29 is 8.42 Å². The van der Waals surface area contributed by atoms with Gasteiger partial charge < -0.3 is 0 Å². The van der Waals surface area contributed by atoms with E-state index in [1.807, 2.05) is 0 Å². The van der Waals surface area contributed by atoms with E-state index in [0.717, 1.165) is 12.8 Å². The zero-order valence-corrected chi connectivity index (χ0v) is 12.3. The van der Waals surface area contributed by atoms with E-state index in [-0.39, 0.29) is 10.0 Å². The van der Waals surface area contributed by atoms with Crippen molar-refractivity contribution in [3.8, 4) is 0 Å². The van der Waals surface area contributed by atoms with Crippen molar-refractivity contribution in [2.45, 2.75) is 17.9 Å². The number of halogens is 2. The van der Waals surface area contributed by atoms with E-state index in [2.05, 4.69) is 5.10 Å². The van der Waals surface area contributed by atoms with Gasteiger partial charge in [0.05, 0.1) is 11.2 Å². The van der Waals surface area contributed by atoms with E-state index in [4.69, 9.17) is 23.2 Å². The molecule has 0 radical (unpaired) electrons. The zero-order valence-electron chi connectivity index (χ0n) is 10.0. The lowest BCUT2D eigenvalue weighted by Crippen LogP contribution is -2.39. The van der Waals surface area contributed by atoms with Crippen LogP contribution in [0.3, 0.4) is 0 Å². The molecule has 18 heavy (non-hydrogen) atoms. The Bertz CT molecular complexity index is 502. The second-order valence-electron chi connectivity index (χ2n) is 4.42. The minimum atomic E-state index is -3.55. The van der Waals surface area contributed by atoms with Crippen LogP contribution >= 0.6 is 23.2 Å². The molecular formula is C10H15Cl2N3O2S. The first-order valence-electron chi connectivity index (χ1n) is 5.70. The first kappa shape index (κ1) is 14.1. The highest BCUT2D eigenvalue weighted by Crippen LogP contribution is 2.27. The fourth-order valence-corrected chi connectivity index (χ4v) is 4.50. The van der Waals surface area contributed by atoms with Crippen molar-refractivity contribution in [2.24, 2.45) is 13.0 Å². The van der Waals surface area contributed by atoms with Gasteiger partial charge >= 0.3 is 0 Å². The molecule has 1 aromatic rings. The number of rotatable bonds is 3. The zero-order chi connectivity index (χ0) is 13.3. The van der Waals surface area contributed by atoms with E-state index < -0.39 is 10.0 Å². The molecule has 0 unspecified atom stereocenters. The van der Waals surface area contributed by atoms with Crippen LogP contribution in [0.5, 0.6) is 0 Å². The quantitative estimate of drug-likeness (QED) is 0.799. The molecular weight excluding hydrogens is 297 g/mol. The molecule has 0 aromatic carbocycles. The standard InChI is InChI=1S/C10H15Cl2N3O2S/c1-14-10(9(12)7-13-14)18(16,17)15-4-2-8(6-11)3-5-15/h7-8H,2-6H2,1H3. The van der Waals surface area contributed by atoms with Crippen molar-refractivity contribution in [2.75, 3.05) is 19.0 Å². The largest absolute Gasteiger partial charge is 0.261 e. The number of hydrogen-bond acceptors (Lipinski definition) is 3. The molecule has 1 aromatic heterocycles. The molecule has 1 aliphatic heterocycles. The molecule has 5 nitrogen and oxygen atoms in total. The van der Waals surface area contributed by atoms with Crippen LogP contribution in [-0.4, -0.2) is 41.5 Å². The number of hydrogen-bond donors (Lipinski definition) is 0. The third-order valence-corrected chi connectivity index (χ3v) is 6.06. The molecule has 102 valence electrons. The Labute approximate surface area is 117 Å². The topological polar surface area (TPSA) is 55.2 Å². The number of aromatic nitrogens is 2. The van der Waals surface area contributed by atoms with Gasteiger partial charge in [-0.25, -0.2) is 8.42 Å². The van der Waals surface area contributed by atoms with Gasteiger partial charge in [0.25, 0.3) is 10.0 Å². The normalized spacial score (nSPS) is 19.3. The van der Waals surface area contributed by atoms with E-state index in [9.17, 15) is 8.42 Å². The van der Waals surface area contributed by atoms with Gasteiger partial charge in [-0.2, -0.15) is 9.40 Å². The first-order chi connectivity index (χ1) is 8.46. The number of sulfonamides is 1. The molecule has 0 atom stereocenters.